The summed E-state index contributed by atoms with van der Waals surface area (Å²) in [4.78, 5) is 0. The SMILES string of the molecule is C[C@@H](O)c1ccc(OC2CCOC3(CCSCC3)C2)cc1. The summed E-state index contributed by atoms with van der Waals surface area (Å²) in [6.45, 7) is 2.58. The molecule has 4 heteroatoms. The zero-order chi connectivity index (χ0) is 14.7. The van der Waals surface area contributed by atoms with Gasteiger partial charge in [-0.1, -0.05) is 12.1 Å². The van der Waals surface area contributed by atoms with Gasteiger partial charge >= 0.3 is 0 Å². The molecule has 0 saturated carbocycles. The van der Waals surface area contributed by atoms with Crippen molar-refractivity contribution in [2.45, 2.75) is 50.4 Å². The number of hydrogen-bond donors (Lipinski definition) is 1. The van der Waals surface area contributed by atoms with E-state index in [1.807, 2.05) is 36.0 Å². The van der Waals surface area contributed by atoms with Crippen LogP contribution in [0.2, 0.25) is 0 Å². The van der Waals surface area contributed by atoms with Crippen LogP contribution in [-0.4, -0.2) is 34.9 Å². The first-order valence-electron chi connectivity index (χ1n) is 7.83. The Morgan fingerprint density at radius 2 is 2.00 bits per heavy atom. The van der Waals surface area contributed by atoms with Crippen molar-refractivity contribution in [1.82, 2.24) is 0 Å². The number of benzene rings is 1. The fourth-order valence-electron chi connectivity index (χ4n) is 3.19. The Bertz CT molecular complexity index is 446. The molecule has 2 aliphatic heterocycles. The molecule has 1 aromatic carbocycles. The zero-order valence-corrected chi connectivity index (χ0v) is 13.4. The Morgan fingerprint density at radius 3 is 2.67 bits per heavy atom. The van der Waals surface area contributed by atoms with Crippen LogP contribution in [0.15, 0.2) is 24.3 Å². The number of hydrogen-bond acceptors (Lipinski definition) is 4. The van der Waals surface area contributed by atoms with Gasteiger partial charge in [-0.15, -0.1) is 0 Å². The van der Waals surface area contributed by atoms with Gasteiger partial charge in [0.05, 0.1) is 18.3 Å². The smallest absolute Gasteiger partial charge is 0.119 e. The van der Waals surface area contributed by atoms with Crippen molar-refractivity contribution < 1.29 is 14.6 Å². The number of rotatable bonds is 3. The third-order valence-electron chi connectivity index (χ3n) is 4.52. The zero-order valence-electron chi connectivity index (χ0n) is 12.6. The number of ether oxygens (including phenoxy) is 2. The minimum atomic E-state index is -0.426. The lowest BCUT2D eigenvalue weighted by Crippen LogP contribution is -2.46. The molecule has 2 fully saturated rings. The molecule has 0 aromatic heterocycles. The van der Waals surface area contributed by atoms with Crippen LogP contribution in [0.25, 0.3) is 0 Å². The van der Waals surface area contributed by atoms with E-state index in [0.29, 0.717) is 0 Å². The van der Waals surface area contributed by atoms with Crippen molar-refractivity contribution >= 4 is 11.8 Å². The Balaban J connectivity index is 1.61. The molecule has 2 saturated heterocycles. The maximum Gasteiger partial charge on any atom is 0.119 e. The maximum atomic E-state index is 9.54. The molecule has 2 aliphatic rings. The van der Waals surface area contributed by atoms with Gasteiger partial charge in [0.2, 0.25) is 0 Å². The van der Waals surface area contributed by atoms with E-state index in [4.69, 9.17) is 9.47 Å². The van der Waals surface area contributed by atoms with Gasteiger partial charge in [-0.25, -0.2) is 0 Å². The van der Waals surface area contributed by atoms with Crippen LogP contribution < -0.4 is 4.74 Å². The van der Waals surface area contributed by atoms with E-state index in [-0.39, 0.29) is 11.7 Å². The third kappa shape index (κ3) is 3.74. The van der Waals surface area contributed by atoms with Crippen LogP contribution in [0.4, 0.5) is 0 Å². The summed E-state index contributed by atoms with van der Waals surface area (Å²) in [6, 6.07) is 7.79. The molecule has 0 aliphatic carbocycles. The standard InChI is InChI=1S/C17H24O3S/c1-13(18)14-2-4-15(5-3-14)20-16-6-9-19-17(12-16)7-10-21-11-8-17/h2-5,13,16,18H,6-12H2,1H3/t13-,16?/m1/s1. The second kappa shape index (κ2) is 6.59. The number of aliphatic hydroxyl groups is 1. The normalized spacial score (nSPS) is 26.5. The molecule has 2 heterocycles. The lowest BCUT2D eigenvalue weighted by atomic mass is 9.86. The first-order chi connectivity index (χ1) is 10.2. The third-order valence-corrected chi connectivity index (χ3v) is 5.50. The van der Waals surface area contributed by atoms with Crippen molar-refractivity contribution in [2.75, 3.05) is 18.1 Å². The molecular weight excluding hydrogens is 284 g/mol. The lowest BCUT2D eigenvalue weighted by Gasteiger charge is -2.43. The average molecular weight is 308 g/mol. The molecular formula is C17H24O3S. The second-order valence-electron chi connectivity index (χ2n) is 6.12. The molecule has 21 heavy (non-hydrogen) atoms. The van der Waals surface area contributed by atoms with Crippen molar-refractivity contribution in [2.24, 2.45) is 0 Å². The van der Waals surface area contributed by atoms with Gasteiger partial charge in [-0.2, -0.15) is 11.8 Å². The minimum Gasteiger partial charge on any atom is -0.490 e. The minimum absolute atomic E-state index is 0.0632. The van der Waals surface area contributed by atoms with Gasteiger partial charge in [0, 0.05) is 12.8 Å². The number of aliphatic hydroxyl groups excluding tert-OH is 1. The van der Waals surface area contributed by atoms with Gasteiger partial charge in [0.1, 0.15) is 11.9 Å². The van der Waals surface area contributed by atoms with E-state index in [9.17, 15) is 5.11 Å². The molecule has 1 N–H and O–H groups in total. The molecule has 3 rings (SSSR count). The summed E-state index contributed by atoms with van der Waals surface area (Å²) in [5.74, 6) is 3.30. The fourth-order valence-corrected chi connectivity index (χ4v) is 4.43. The van der Waals surface area contributed by atoms with E-state index in [1.54, 1.807) is 6.92 Å². The predicted octanol–water partition coefficient (Wildman–Crippen LogP) is 3.56. The van der Waals surface area contributed by atoms with Crippen LogP contribution in [0.3, 0.4) is 0 Å². The highest BCUT2D eigenvalue weighted by Gasteiger charge is 2.39. The summed E-state index contributed by atoms with van der Waals surface area (Å²) < 4.78 is 12.2. The van der Waals surface area contributed by atoms with Gasteiger partial charge in [-0.3, -0.25) is 0 Å². The Morgan fingerprint density at radius 1 is 1.29 bits per heavy atom. The highest BCUT2D eigenvalue weighted by atomic mass is 32.2. The highest BCUT2D eigenvalue weighted by Crippen LogP contribution is 2.38. The summed E-state index contributed by atoms with van der Waals surface area (Å²) in [5.41, 5.74) is 0.989. The van der Waals surface area contributed by atoms with Crippen LogP contribution in [0.1, 0.15) is 44.3 Å². The molecule has 2 atom stereocenters. The van der Waals surface area contributed by atoms with E-state index in [0.717, 1.165) is 43.6 Å². The van der Waals surface area contributed by atoms with E-state index < -0.39 is 6.10 Å². The monoisotopic (exact) mass is 308 g/mol. The largest absolute Gasteiger partial charge is 0.490 e. The molecule has 1 unspecified atom stereocenters. The summed E-state index contributed by atoms with van der Waals surface area (Å²) in [7, 11) is 0. The Labute approximate surface area is 131 Å². The first-order valence-corrected chi connectivity index (χ1v) is 8.99. The molecule has 3 nitrogen and oxygen atoms in total. The van der Waals surface area contributed by atoms with Crippen molar-refractivity contribution in [1.29, 1.82) is 0 Å². The van der Waals surface area contributed by atoms with E-state index >= 15 is 0 Å². The summed E-state index contributed by atoms with van der Waals surface area (Å²) >= 11 is 2.03. The summed E-state index contributed by atoms with van der Waals surface area (Å²) in [6.07, 6.45) is 4.10. The van der Waals surface area contributed by atoms with E-state index in [1.165, 1.54) is 11.5 Å². The van der Waals surface area contributed by atoms with Crippen LogP contribution in [0.5, 0.6) is 5.75 Å². The maximum absolute atomic E-state index is 9.54. The predicted molar refractivity (Wildman–Crippen MR) is 86.0 cm³/mol. The van der Waals surface area contributed by atoms with Gasteiger partial charge in [0.15, 0.2) is 0 Å². The molecule has 116 valence electrons. The fraction of sp³-hybridized carbons (Fsp3) is 0.647. The topological polar surface area (TPSA) is 38.7 Å². The van der Waals surface area contributed by atoms with Gasteiger partial charge < -0.3 is 14.6 Å². The van der Waals surface area contributed by atoms with Crippen LogP contribution >= 0.6 is 11.8 Å². The Hall–Kier alpha value is -0.710. The molecule has 0 radical (unpaired) electrons. The molecule has 1 spiro atoms. The van der Waals surface area contributed by atoms with Gasteiger partial charge in [0.25, 0.3) is 0 Å². The van der Waals surface area contributed by atoms with Crippen LogP contribution in [0, 0.1) is 0 Å². The molecule has 0 amide bonds. The summed E-state index contributed by atoms with van der Waals surface area (Å²) in [5, 5.41) is 9.54. The quantitative estimate of drug-likeness (QED) is 0.926. The van der Waals surface area contributed by atoms with Crippen molar-refractivity contribution in [3.05, 3.63) is 29.8 Å². The highest BCUT2D eigenvalue weighted by molar-refractivity contribution is 7.99. The molecule has 0 bridgehead atoms. The first kappa shape index (κ1) is 15.2. The Kier molecular flexibility index (Phi) is 4.77. The van der Waals surface area contributed by atoms with Gasteiger partial charge in [-0.05, 0) is 49.0 Å². The average Bonchev–Trinajstić information content (AvgIpc) is 2.49. The van der Waals surface area contributed by atoms with Crippen LogP contribution in [-0.2, 0) is 4.74 Å². The van der Waals surface area contributed by atoms with Crippen molar-refractivity contribution in [3.63, 3.8) is 0 Å². The van der Waals surface area contributed by atoms with E-state index in [2.05, 4.69) is 0 Å². The number of thioether (sulfide) groups is 1. The molecule has 1 aromatic rings. The second-order valence-corrected chi connectivity index (χ2v) is 7.35. The lowest BCUT2D eigenvalue weighted by molar-refractivity contribution is -0.116. The van der Waals surface area contributed by atoms with Crippen molar-refractivity contribution in [3.8, 4) is 5.75 Å².